The molecule has 32 heavy (non-hydrogen) atoms. The van der Waals surface area contributed by atoms with Crippen molar-refractivity contribution in [2.24, 2.45) is 0 Å². The van der Waals surface area contributed by atoms with Crippen molar-refractivity contribution in [3.05, 3.63) is 71.8 Å². The average molecular weight is 440 g/mol. The molecule has 4 rings (SSSR count). The lowest BCUT2D eigenvalue weighted by atomic mass is 10.1. The molecule has 2 amide bonds. The number of aromatic nitrogens is 1. The van der Waals surface area contributed by atoms with Crippen LogP contribution >= 0.6 is 0 Å². The van der Waals surface area contributed by atoms with Gasteiger partial charge in [-0.1, -0.05) is 31.2 Å². The number of halogens is 3. The van der Waals surface area contributed by atoms with Crippen LogP contribution in [0.3, 0.4) is 0 Å². The molecule has 0 aliphatic carbocycles. The Morgan fingerprint density at radius 2 is 1.91 bits per heavy atom. The van der Waals surface area contributed by atoms with Crippen LogP contribution in [0.5, 0.6) is 0 Å². The summed E-state index contributed by atoms with van der Waals surface area (Å²) in [7, 11) is 0. The molecule has 2 aromatic carbocycles. The van der Waals surface area contributed by atoms with Gasteiger partial charge in [-0.3, -0.25) is 4.90 Å². The normalized spacial score (nSPS) is 13.7. The fourth-order valence-electron chi connectivity index (χ4n) is 3.59. The van der Waals surface area contributed by atoms with Gasteiger partial charge in [-0.05, 0) is 54.8 Å². The first-order valence-corrected chi connectivity index (χ1v) is 10.4. The van der Waals surface area contributed by atoms with Crippen molar-refractivity contribution < 1.29 is 18.0 Å². The van der Waals surface area contributed by atoms with E-state index in [0.29, 0.717) is 48.0 Å². The Labute approximate surface area is 184 Å². The standard InChI is InChI=1S/C24H23F3N4O/c1-2-16-7-9-19(10-8-16)29-23(32)31-14-4-13-28-21-12-11-20(30-22(21)31)17-5-3-6-18(15-17)24(25,26)27/h3,5-12,15,28H,2,4,13-14H2,1H3,(H,29,32). The zero-order valence-corrected chi connectivity index (χ0v) is 17.5. The Hall–Kier alpha value is -3.55. The third-order valence-corrected chi connectivity index (χ3v) is 5.35. The summed E-state index contributed by atoms with van der Waals surface area (Å²) in [5.41, 5.74) is 2.45. The van der Waals surface area contributed by atoms with E-state index in [9.17, 15) is 18.0 Å². The number of benzene rings is 2. The molecular weight excluding hydrogens is 417 g/mol. The lowest BCUT2D eigenvalue weighted by molar-refractivity contribution is -0.137. The number of pyridine rings is 1. The first-order valence-electron chi connectivity index (χ1n) is 10.4. The van der Waals surface area contributed by atoms with Crippen LogP contribution in [0.1, 0.15) is 24.5 Å². The molecule has 1 aromatic heterocycles. The van der Waals surface area contributed by atoms with Crippen LogP contribution in [0, 0.1) is 0 Å². The van der Waals surface area contributed by atoms with Crippen LogP contribution in [0.25, 0.3) is 11.3 Å². The molecule has 0 saturated heterocycles. The van der Waals surface area contributed by atoms with Crippen LogP contribution in [-0.4, -0.2) is 24.1 Å². The van der Waals surface area contributed by atoms with E-state index in [1.165, 1.54) is 16.5 Å². The number of carbonyl (C=O) groups excluding carboxylic acids is 1. The van der Waals surface area contributed by atoms with E-state index in [4.69, 9.17) is 0 Å². The van der Waals surface area contributed by atoms with Crippen LogP contribution in [0.15, 0.2) is 60.7 Å². The number of aryl methyl sites for hydroxylation is 1. The van der Waals surface area contributed by atoms with Crippen molar-refractivity contribution in [1.29, 1.82) is 0 Å². The molecule has 2 heterocycles. The number of nitrogens with zero attached hydrogens (tertiary/aromatic N) is 2. The number of alkyl halides is 3. The van der Waals surface area contributed by atoms with E-state index in [0.717, 1.165) is 18.6 Å². The number of urea groups is 1. The number of carbonyl (C=O) groups is 1. The van der Waals surface area contributed by atoms with Crippen LogP contribution in [0.2, 0.25) is 0 Å². The predicted octanol–water partition coefficient (Wildman–Crippen LogP) is 6.18. The van der Waals surface area contributed by atoms with E-state index < -0.39 is 11.7 Å². The molecule has 166 valence electrons. The third kappa shape index (κ3) is 4.69. The molecule has 2 N–H and O–H groups in total. The smallest absolute Gasteiger partial charge is 0.382 e. The lowest BCUT2D eigenvalue weighted by Gasteiger charge is -2.22. The number of anilines is 3. The van der Waals surface area contributed by atoms with Crippen molar-refractivity contribution >= 4 is 23.2 Å². The van der Waals surface area contributed by atoms with E-state index in [1.807, 2.05) is 24.3 Å². The number of amides is 2. The summed E-state index contributed by atoms with van der Waals surface area (Å²) < 4.78 is 39.4. The highest BCUT2D eigenvalue weighted by molar-refractivity contribution is 6.03. The molecule has 0 unspecified atom stereocenters. The second-order valence-electron chi connectivity index (χ2n) is 7.56. The predicted molar refractivity (Wildman–Crippen MR) is 120 cm³/mol. The Morgan fingerprint density at radius 3 is 2.62 bits per heavy atom. The summed E-state index contributed by atoms with van der Waals surface area (Å²) in [5.74, 6) is 0.389. The zero-order valence-electron chi connectivity index (χ0n) is 17.5. The third-order valence-electron chi connectivity index (χ3n) is 5.35. The van der Waals surface area contributed by atoms with Gasteiger partial charge in [0.05, 0.1) is 16.9 Å². The van der Waals surface area contributed by atoms with Gasteiger partial charge in [0.15, 0.2) is 5.82 Å². The molecular formula is C24H23F3N4O. The second-order valence-corrected chi connectivity index (χ2v) is 7.56. The van der Waals surface area contributed by atoms with Crippen molar-refractivity contribution in [2.75, 3.05) is 28.6 Å². The first kappa shape index (κ1) is 21.7. The summed E-state index contributed by atoms with van der Waals surface area (Å²) in [6.45, 7) is 3.15. The monoisotopic (exact) mass is 440 g/mol. The van der Waals surface area contributed by atoms with Gasteiger partial charge in [-0.15, -0.1) is 0 Å². The molecule has 3 aromatic rings. The first-order chi connectivity index (χ1) is 15.3. The zero-order chi connectivity index (χ0) is 22.7. The van der Waals surface area contributed by atoms with Crippen LogP contribution in [0.4, 0.5) is 35.2 Å². The summed E-state index contributed by atoms with van der Waals surface area (Å²) in [6, 6.07) is 15.7. The van der Waals surface area contributed by atoms with Gasteiger partial charge in [0.1, 0.15) is 0 Å². The van der Waals surface area contributed by atoms with Crippen molar-refractivity contribution in [3.63, 3.8) is 0 Å². The maximum atomic E-state index is 13.1. The van der Waals surface area contributed by atoms with Gasteiger partial charge in [-0.25, -0.2) is 9.78 Å². The highest BCUT2D eigenvalue weighted by Gasteiger charge is 2.31. The maximum Gasteiger partial charge on any atom is 0.416 e. The highest BCUT2D eigenvalue weighted by Crippen LogP contribution is 2.34. The van der Waals surface area contributed by atoms with Gasteiger partial charge in [0.25, 0.3) is 0 Å². The number of rotatable bonds is 3. The Bertz CT molecular complexity index is 1110. The van der Waals surface area contributed by atoms with Crippen LogP contribution < -0.4 is 15.5 Å². The quantitative estimate of drug-likeness (QED) is 0.511. The summed E-state index contributed by atoms with van der Waals surface area (Å²) in [5, 5.41) is 6.13. The highest BCUT2D eigenvalue weighted by atomic mass is 19.4. The van der Waals surface area contributed by atoms with E-state index in [-0.39, 0.29) is 6.03 Å². The van der Waals surface area contributed by atoms with E-state index in [1.54, 1.807) is 18.2 Å². The van der Waals surface area contributed by atoms with Crippen molar-refractivity contribution in [2.45, 2.75) is 25.9 Å². The Balaban J connectivity index is 1.65. The number of fused-ring (bicyclic) bond motifs is 1. The SMILES string of the molecule is CCc1ccc(NC(=O)N2CCCNc3ccc(-c4cccc(C(F)(F)F)c4)nc32)cc1. The second kappa shape index (κ2) is 8.90. The fourth-order valence-corrected chi connectivity index (χ4v) is 3.59. The number of hydrogen-bond acceptors (Lipinski definition) is 3. The summed E-state index contributed by atoms with van der Waals surface area (Å²) in [4.78, 5) is 19.2. The minimum absolute atomic E-state index is 0.336. The molecule has 0 radical (unpaired) electrons. The molecule has 0 atom stereocenters. The number of nitrogens with one attached hydrogen (secondary N) is 2. The molecule has 0 spiro atoms. The van der Waals surface area contributed by atoms with E-state index >= 15 is 0 Å². The molecule has 0 fully saturated rings. The van der Waals surface area contributed by atoms with E-state index in [2.05, 4.69) is 22.5 Å². The van der Waals surface area contributed by atoms with Gasteiger partial charge in [-0.2, -0.15) is 13.2 Å². The van der Waals surface area contributed by atoms with Crippen molar-refractivity contribution in [1.82, 2.24) is 4.98 Å². The van der Waals surface area contributed by atoms with Gasteiger partial charge < -0.3 is 10.6 Å². The maximum absolute atomic E-state index is 13.1. The molecule has 1 aliphatic rings. The largest absolute Gasteiger partial charge is 0.416 e. The summed E-state index contributed by atoms with van der Waals surface area (Å²) >= 11 is 0. The Kier molecular flexibility index (Phi) is 6.03. The molecule has 8 heteroatoms. The molecule has 1 aliphatic heterocycles. The molecule has 0 saturated carbocycles. The van der Waals surface area contributed by atoms with Gasteiger partial charge in [0, 0.05) is 24.3 Å². The summed E-state index contributed by atoms with van der Waals surface area (Å²) in [6.07, 6.45) is -2.83. The minimum atomic E-state index is -4.44. The topological polar surface area (TPSA) is 57.3 Å². The van der Waals surface area contributed by atoms with Crippen LogP contribution in [-0.2, 0) is 12.6 Å². The number of hydrogen-bond donors (Lipinski definition) is 2. The van der Waals surface area contributed by atoms with Gasteiger partial charge in [0.2, 0.25) is 0 Å². The fraction of sp³-hybridized carbons (Fsp3) is 0.250. The van der Waals surface area contributed by atoms with Crippen molar-refractivity contribution in [3.8, 4) is 11.3 Å². The minimum Gasteiger partial charge on any atom is -0.382 e. The lowest BCUT2D eigenvalue weighted by Crippen LogP contribution is -2.36. The average Bonchev–Trinajstić information content (AvgIpc) is 3.01. The Morgan fingerprint density at radius 1 is 1.12 bits per heavy atom. The van der Waals surface area contributed by atoms with Gasteiger partial charge >= 0.3 is 12.2 Å². The molecule has 0 bridgehead atoms. The molecule has 5 nitrogen and oxygen atoms in total.